The molecule has 7 nitrogen and oxygen atoms in total. The number of thiazole rings is 1. The van der Waals surface area contributed by atoms with Crippen LogP contribution >= 0.6 is 11.3 Å². The molecule has 1 aromatic heterocycles. The molecule has 3 aromatic rings. The van der Waals surface area contributed by atoms with E-state index in [1.165, 1.54) is 31.4 Å². The van der Waals surface area contributed by atoms with E-state index in [1.807, 2.05) is 13.8 Å². The first-order valence-corrected chi connectivity index (χ1v) is 13.2. The van der Waals surface area contributed by atoms with Gasteiger partial charge in [0.05, 0.1) is 16.4 Å². The molecule has 0 amide bonds. The number of nitrogens with zero attached hydrogens (tertiary/aromatic N) is 1. The molecule has 2 aromatic carbocycles. The van der Waals surface area contributed by atoms with Crippen LogP contribution in [0.15, 0.2) is 67.7 Å². The van der Waals surface area contributed by atoms with E-state index in [0.29, 0.717) is 6.61 Å². The Morgan fingerprint density at radius 1 is 0.903 bits per heavy atom. The van der Waals surface area contributed by atoms with E-state index in [2.05, 4.69) is 10.3 Å². The topological polar surface area (TPSA) is 102 Å². The molecule has 10 heteroatoms. The van der Waals surface area contributed by atoms with E-state index in [9.17, 15) is 16.8 Å². The van der Waals surface area contributed by atoms with Gasteiger partial charge >= 0.3 is 0 Å². The Kier molecular flexibility index (Phi) is 6.85. The van der Waals surface area contributed by atoms with Crippen LogP contribution < -0.4 is 5.32 Å². The van der Waals surface area contributed by atoms with E-state index < -0.39 is 19.7 Å². The number of hydrogen-bond acceptors (Lipinski definition) is 8. The lowest BCUT2D eigenvalue weighted by Crippen LogP contribution is -2.21. The van der Waals surface area contributed by atoms with Gasteiger partial charge in [-0.15, -0.1) is 0 Å². The lowest BCUT2D eigenvalue weighted by atomic mass is 10.2. The zero-order valence-electron chi connectivity index (χ0n) is 17.6. The van der Waals surface area contributed by atoms with E-state index in [1.54, 1.807) is 31.2 Å². The second kappa shape index (κ2) is 9.07. The van der Waals surface area contributed by atoms with Gasteiger partial charge in [0.15, 0.2) is 5.03 Å². The minimum Gasteiger partial charge on any atom is -0.383 e. The fraction of sp³-hybridized carbons (Fsp3) is 0.286. The minimum atomic E-state index is -4.04. The van der Waals surface area contributed by atoms with Crippen LogP contribution in [0.5, 0.6) is 0 Å². The first-order valence-electron chi connectivity index (χ1n) is 9.45. The Hall–Kier alpha value is -2.27. The molecule has 1 atom stereocenters. The van der Waals surface area contributed by atoms with Crippen molar-refractivity contribution in [2.75, 3.05) is 19.0 Å². The van der Waals surface area contributed by atoms with Crippen molar-refractivity contribution < 1.29 is 21.6 Å². The summed E-state index contributed by atoms with van der Waals surface area (Å²) in [5.41, 5.74) is 1.82. The van der Waals surface area contributed by atoms with Gasteiger partial charge < -0.3 is 10.1 Å². The van der Waals surface area contributed by atoms with Gasteiger partial charge in [0.1, 0.15) is 5.00 Å². The van der Waals surface area contributed by atoms with Crippen LogP contribution in [-0.4, -0.2) is 41.6 Å². The zero-order valence-corrected chi connectivity index (χ0v) is 20.1. The Balaban J connectivity index is 2.14. The van der Waals surface area contributed by atoms with Gasteiger partial charge in [0.25, 0.3) is 0 Å². The summed E-state index contributed by atoms with van der Waals surface area (Å²) >= 11 is 0.799. The normalized spacial score (nSPS) is 13.2. The lowest BCUT2D eigenvalue weighted by Gasteiger charge is -2.13. The predicted molar refractivity (Wildman–Crippen MR) is 120 cm³/mol. The summed E-state index contributed by atoms with van der Waals surface area (Å²) in [4.78, 5) is 4.21. The Morgan fingerprint density at radius 3 is 1.87 bits per heavy atom. The molecule has 0 fully saturated rings. The van der Waals surface area contributed by atoms with Crippen LogP contribution in [0.2, 0.25) is 0 Å². The standard InChI is InChI=1S/C21H24N2O5S3/c1-14-5-9-17(10-6-14)30(24,25)20-19(22-16(3)13-28-4)29-21(23-20)31(26,27)18-11-7-15(2)8-12-18/h5-12,16,22H,13H2,1-4H3/t16-/m0/s1. The smallest absolute Gasteiger partial charge is 0.233 e. The van der Waals surface area contributed by atoms with Crippen molar-refractivity contribution in [1.82, 2.24) is 4.98 Å². The van der Waals surface area contributed by atoms with Gasteiger partial charge in [-0.2, -0.15) is 0 Å². The number of nitrogens with one attached hydrogen (secondary N) is 1. The van der Waals surface area contributed by atoms with Crippen LogP contribution in [0.4, 0.5) is 5.00 Å². The molecule has 0 aliphatic carbocycles. The molecular formula is C21H24N2O5S3. The average Bonchev–Trinajstić information content (AvgIpc) is 3.14. The number of sulfone groups is 2. The Bertz CT molecular complexity index is 1260. The van der Waals surface area contributed by atoms with Crippen molar-refractivity contribution in [3.63, 3.8) is 0 Å². The number of methoxy groups -OCH3 is 1. The van der Waals surface area contributed by atoms with Gasteiger partial charge in [0, 0.05) is 13.2 Å². The second-order valence-electron chi connectivity index (χ2n) is 7.25. The van der Waals surface area contributed by atoms with Crippen LogP contribution in [-0.2, 0) is 24.4 Å². The van der Waals surface area contributed by atoms with Gasteiger partial charge in [0.2, 0.25) is 24.0 Å². The number of rotatable bonds is 8. The van der Waals surface area contributed by atoms with Crippen molar-refractivity contribution in [2.45, 2.75) is 46.0 Å². The number of benzene rings is 2. The maximum Gasteiger partial charge on any atom is 0.233 e. The minimum absolute atomic E-state index is 0.0464. The highest BCUT2D eigenvalue weighted by Crippen LogP contribution is 2.37. The van der Waals surface area contributed by atoms with Crippen molar-refractivity contribution >= 4 is 36.0 Å². The third-order valence-electron chi connectivity index (χ3n) is 4.52. The van der Waals surface area contributed by atoms with Crippen LogP contribution in [0.25, 0.3) is 0 Å². The number of ether oxygens (including phenoxy) is 1. The van der Waals surface area contributed by atoms with E-state index in [-0.39, 0.29) is 30.2 Å². The summed E-state index contributed by atoms with van der Waals surface area (Å²) in [6.07, 6.45) is 0. The number of hydrogen-bond donors (Lipinski definition) is 1. The SMILES string of the molecule is COC[C@H](C)Nc1sc(S(=O)(=O)c2ccc(C)cc2)nc1S(=O)(=O)c1ccc(C)cc1. The van der Waals surface area contributed by atoms with Gasteiger partial charge in [-0.3, -0.25) is 0 Å². The van der Waals surface area contributed by atoms with E-state index in [4.69, 9.17) is 4.74 Å². The summed E-state index contributed by atoms with van der Waals surface area (Å²) in [5, 5.41) is 2.89. The molecule has 1 heterocycles. The highest BCUT2D eigenvalue weighted by Gasteiger charge is 2.32. The second-order valence-corrected chi connectivity index (χ2v) is 12.2. The van der Waals surface area contributed by atoms with Crippen LogP contribution in [0.1, 0.15) is 18.1 Å². The molecule has 0 saturated heterocycles. The fourth-order valence-electron chi connectivity index (χ4n) is 2.84. The quantitative estimate of drug-likeness (QED) is 0.522. The molecule has 0 bridgehead atoms. The molecule has 0 unspecified atom stereocenters. The summed E-state index contributed by atoms with van der Waals surface area (Å²) in [6, 6.07) is 12.4. The molecule has 0 aliphatic heterocycles. The summed E-state index contributed by atoms with van der Waals surface area (Å²) in [5.74, 6) is 0. The molecule has 166 valence electrons. The molecule has 0 radical (unpaired) electrons. The first-order chi connectivity index (χ1) is 14.6. The molecule has 3 rings (SSSR count). The van der Waals surface area contributed by atoms with Crippen molar-refractivity contribution in [3.8, 4) is 0 Å². The number of aromatic nitrogens is 1. The van der Waals surface area contributed by atoms with E-state index >= 15 is 0 Å². The van der Waals surface area contributed by atoms with Gasteiger partial charge in [-0.1, -0.05) is 46.7 Å². The summed E-state index contributed by atoms with van der Waals surface area (Å²) in [7, 11) is -6.50. The van der Waals surface area contributed by atoms with Crippen molar-refractivity contribution in [3.05, 3.63) is 59.7 Å². The van der Waals surface area contributed by atoms with Gasteiger partial charge in [-0.05, 0) is 45.0 Å². The van der Waals surface area contributed by atoms with E-state index in [0.717, 1.165) is 22.5 Å². The monoisotopic (exact) mass is 480 g/mol. The highest BCUT2D eigenvalue weighted by molar-refractivity contribution is 7.94. The third-order valence-corrected chi connectivity index (χ3v) is 9.48. The van der Waals surface area contributed by atoms with Crippen molar-refractivity contribution in [1.29, 1.82) is 0 Å². The maximum atomic E-state index is 13.3. The predicted octanol–water partition coefficient (Wildman–Crippen LogP) is 3.87. The largest absolute Gasteiger partial charge is 0.383 e. The molecule has 0 saturated carbocycles. The van der Waals surface area contributed by atoms with Crippen LogP contribution in [0, 0.1) is 13.8 Å². The average molecular weight is 481 g/mol. The molecule has 1 N–H and O–H groups in total. The molecule has 0 spiro atoms. The maximum absolute atomic E-state index is 13.3. The third kappa shape index (κ3) is 4.98. The summed E-state index contributed by atoms with van der Waals surface area (Å²) < 4.78 is 57.7. The fourth-order valence-corrected chi connectivity index (χ4v) is 7.23. The summed E-state index contributed by atoms with van der Waals surface area (Å²) in [6.45, 7) is 5.82. The molecular weight excluding hydrogens is 456 g/mol. The molecule has 31 heavy (non-hydrogen) atoms. The Morgan fingerprint density at radius 2 is 1.39 bits per heavy atom. The van der Waals surface area contributed by atoms with Gasteiger partial charge in [-0.25, -0.2) is 21.8 Å². The first kappa shape index (κ1) is 23.4. The lowest BCUT2D eigenvalue weighted by molar-refractivity contribution is 0.190. The van der Waals surface area contributed by atoms with Crippen molar-refractivity contribution in [2.24, 2.45) is 0 Å². The Labute approximate surface area is 187 Å². The van der Waals surface area contributed by atoms with Crippen LogP contribution in [0.3, 0.4) is 0 Å². The zero-order chi connectivity index (χ0) is 22.8. The number of aryl methyl sites for hydroxylation is 2. The highest BCUT2D eigenvalue weighted by atomic mass is 32.2. The molecule has 0 aliphatic rings. The number of anilines is 1.